The highest BCUT2D eigenvalue weighted by Crippen LogP contribution is 2.50. The molecule has 0 radical (unpaired) electrons. The van der Waals surface area contributed by atoms with Crippen LogP contribution in [0, 0.1) is 16.7 Å². The van der Waals surface area contributed by atoms with Gasteiger partial charge in [0.05, 0.1) is 0 Å². The lowest BCUT2D eigenvalue weighted by molar-refractivity contribution is -0.120. The molecule has 0 saturated heterocycles. The second-order valence-electron chi connectivity index (χ2n) is 8.62. The molecule has 0 aromatic heterocycles. The summed E-state index contributed by atoms with van der Waals surface area (Å²) in [6, 6.07) is 0. The van der Waals surface area contributed by atoms with Crippen molar-refractivity contribution >= 4 is 11.6 Å². The van der Waals surface area contributed by atoms with Crippen molar-refractivity contribution in [2.24, 2.45) is 16.7 Å². The fourth-order valence-corrected chi connectivity index (χ4v) is 4.22. The maximum Gasteiger partial charge on any atom is 0.163 e. The third kappa shape index (κ3) is 2.45. The number of allylic oxidation sites excluding steroid dienone is 4. The second-order valence-corrected chi connectivity index (χ2v) is 8.62. The highest BCUT2D eigenvalue weighted by molar-refractivity contribution is 6.04. The van der Waals surface area contributed by atoms with Gasteiger partial charge in [0.25, 0.3) is 0 Å². The van der Waals surface area contributed by atoms with Gasteiger partial charge >= 0.3 is 0 Å². The Labute approximate surface area is 132 Å². The van der Waals surface area contributed by atoms with Crippen molar-refractivity contribution < 1.29 is 14.3 Å². The first-order chi connectivity index (χ1) is 10.1. The largest absolute Gasteiger partial charge is 0.465 e. The van der Waals surface area contributed by atoms with Gasteiger partial charge in [-0.2, -0.15) is 0 Å². The van der Waals surface area contributed by atoms with E-state index in [0.717, 1.165) is 41.9 Å². The molecule has 1 aliphatic heterocycles. The number of hydrogen-bond acceptors (Lipinski definition) is 3. The molecule has 0 N–H and O–H groups in total. The molecule has 1 heterocycles. The molecule has 0 bridgehead atoms. The minimum Gasteiger partial charge on any atom is -0.465 e. The van der Waals surface area contributed by atoms with Gasteiger partial charge in [0.1, 0.15) is 11.5 Å². The molecule has 3 heteroatoms. The Morgan fingerprint density at radius 2 is 1.27 bits per heavy atom. The lowest BCUT2D eigenvalue weighted by Gasteiger charge is -2.42. The summed E-state index contributed by atoms with van der Waals surface area (Å²) in [5, 5.41) is 0. The summed E-state index contributed by atoms with van der Waals surface area (Å²) in [7, 11) is 0. The van der Waals surface area contributed by atoms with Gasteiger partial charge < -0.3 is 4.74 Å². The third-order valence-electron chi connectivity index (χ3n) is 5.11. The van der Waals surface area contributed by atoms with Gasteiger partial charge in [-0.05, 0) is 17.3 Å². The van der Waals surface area contributed by atoms with Gasteiger partial charge in [-0.15, -0.1) is 0 Å². The molecule has 0 amide bonds. The Hall–Kier alpha value is -1.38. The summed E-state index contributed by atoms with van der Waals surface area (Å²) in [5.41, 5.74) is 1.46. The normalized spacial score (nSPS) is 27.5. The summed E-state index contributed by atoms with van der Waals surface area (Å²) >= 11 is 0. The van der Waals surface area contributed by atoms with Crippen LogP contribution in [-0.4, -0.2) is 11.6 Å². The summed E-state index contributed by atoms with van der Waals surface area (Å²) in [6.07, 6.45) is 3.47. The molecule has 0 saturated carbocycles. The van der Waals surface area contributed by atoms with Gasteiger partial charge in [-0.25, -0.2) is 0 Å². The molecular weight excluding hydrogens is 276 g/mol. The molecule has 22 heavy (non-hydrogen) atoms. The van der Waals surface area contributed by atoms with E-state index in [4.69, 9.17) is 4.74 Å². The van der Waals surface area contributed by atoms with E-state index in [0.29, 0.717) is 12.8 Å². The smallest absolute Gasteiger partial charge is 0.163 e. The van der Waals surface area contributed by atoms with Crippen molar-refractivity contribution in [2.75, 3.05) is 0 Å². The number of rotatable bonds is 1. The minimum atomic E-state index is -0.0551. The molecule has 0 spiro atoms. The van der Waals surface area contributed by atoms with Gasteiger partial charge in [-0.1, -0.05) is 34.6 Å². The topological polar surface area (TPSA) is 43.4 Å². The molecular formula is C19H26O3. The van der Waals surface area contributed by atoms with Crippen LogP contribution in [0.1, 0.15) is 66.7 Å². The standard InChI is InChI=1S/C19H26O3/c1-6-11-16-12(20)7-18(2,3)9-14(16)22-15-10-19(4,5)8-13(21)17(11)15/h11H,6-10H2,1-5H3. The van der Waals surface area contributed by atoms with Gasteiger partial charge in [0, 0.05) is 42.7 Å². The van der Waals surface area contributed by atoms with Crippen LogP contribution in [0.4, 0.5) is 0 Å². The second kappa shape index (κ2) is 4.81. The summed E-state index contributed by atoms with van der Waals surface area (Å²) in [5.74, 6) is 1.95. The van der Waals surface area contributed by atoms with Gasteiger partial charge in [0.15, 0.2) is 11.6 Å². The Kier molecular flexibility index (Phi) is 3.39. The molecule has 0 aromatic carbocycles. The Morgan fingerprint density at radius 1 is 0.864 bits per heavy atom. The van der Waals surface area contributed by atoms with E-state index in [-0.39, 0.29) is 28.3 Å². The molecule has 120 valence electrons. The Balaban J connectivity index is 2.07. The van der Waals surface area contributed by atoms with E-state index in [1.807, 2.05) is 0 Å². The van der Waals surface area contributed by atoms with Crippen molar-refractivity contribution in [1.29, 1.82) is 0 Å². The van der Waals surface area contributed by atoms with Crippen molar-refractivity contribution in [2.45, 2.75) is 66.7 Å². The predicted octanol–water partition coefficient (Wildman–Crippen LogP) is 4.33. The fraction of sp³-hybridized carbons (Fsp3) is 0.684. The van der Waals surface area contributed by atoms with Crippen LogP contribution < -0.4 is 0 Å². The van der Waals surface area contributed by atoms with Crippen LogP contribution in [0.2, 0.25) is 0 Å². The van der Waals surface area contributed by atoms with Crippen molar-refractivity contribution in [3.05, 3.63) is 22.7 Å². The van der Waals surface area contributed by atoms with Gasteiger partial charge in [0.2, 0.25) is 0 Å². The molecule has 3 aliphatic rings. The maximum atomic E-state index is 12.7. The average Bonchev–Trinajstić information content (AvgIpc) is 2.32. The lowest BCUT2D eigenvalue weighted by atomic mass is 9.66. The first kappa shape index (κ1) is 15.5. The molecule has 3 rings (SSSR count). The minimum absolute atomic E-state index is 0.0500. The van der Waals surface area contributed by atoms with Gasteiger partial charge in [-0.3, -0.25) is 9.59 Å². The van der Waals surface area contributed by atoms with Crippen molar-refractivity contribution in [3.8, 4) is 0 Å². The summed E-state index contributed by atoms with van der Waals surface area (Å²) in [6.45, 7) is 10.5. The van der Waals surface area contributed by atoms with E-state index in [9.17, 15) is 9.59 Å². The number of carbonyl (C=O) groups is 2. The van der Waals surface area contributed by atoms with Crippen molar-refractivity contribution in [3.63, 3.8) is 0 Å². The van der Waals surface area contributed by atoms with Crippen LogP contribution in [0.25, 0.3) is 0 Å². The van der Waals surface area contributed by atoms with E-state index in [2.05, 4.69) is 34.6 Å². The number of ketones is 2. The average molecular weight is 302 g/mol. The fourth-order valence-electron chi connectivity index (χ4n) is 4.22. The van der Waals surface area contributed by atoms with E-state index in [1.165, 1.54) is 0 Å². The van der Waals surface area contributed by atoms with Crippen LogP contribution >= 0.6 is 0 Å². The summed E-state index contributed by atoms with van der Waals surface area (Å²) < 4.78 is 6.16. The Morgan fingerprint density at radius 3 is 1.64 bits per heavy atom. The van der Waals surface area contributed by atoms with E-state index < -0.39 is 0 Å². The van der Waals surface area contributed by atoms with Crippen LogP contribution in [0.3, 0.4) is 0 Å². The number of hydrogen-bond donors (Lipinski definition) is 0. The quantitative estimate of drug-likeness (QED) is 0.724. The SMILES string of the molecule is CCC1C2=C(CC(C)(C)CC2=O)OC2=C1C(=O)CC(C)(C)C2. The molecule has 0 unspecified atom stereocenters. The zero-order chi connectivity index (χ0) is 16.3. The first-order valence-electron chi connectivity index (χ1n) is 8.34. The zero-order valence-corrected chi connectivity index (χ0v) is 14.3. The Bertz CT molecular complexity index is 565. The van der Waals surface area contributed by atoms with E-state index >= 15 is 0 Å². The highest BCUT2D eigenvalue weighted by atomic mass is 16.5. The lowest BCUT2D eigenvalue weighted by Crippen LogP contribution is -2.38. The van der Waals surface area contributed by atoms with E-state index in [1.54, 1.807) is 0 Å². The summed E-state index contributed by atoms with van der Waals surface area (Å²) in [4.78, 5) is 25.3. The monoisotopic (exact) mass is 302 g/mol. The first-order valence-corrected chi connectivity index (χ1v) is 8.34. The predicted molar refractivity (Wildman–Crippen MR) is 85.0 cm³/mol. The number of Topliss-reactive ketones (excluding diaryl/α,β-unsaturated/α-hetero) is 2. The highest BCUT2D eigenvalue weighted by Gasteiger charge is 2.46. The maximum absolute atomic E-state index is 12.7. The zero-order valence-electron chi connectivity index (χ0n) is 14.3. The molecule has 3 nitrogen and oxygen atoms in total. The molecule has 0 atom stereocenters. The van der Waals surface area contributed by atoms with Crippen LogP contribution in [-0.2, 0) is 14.3 Å². The molecule has 0 fully saturated rings. The third-order valence-corrected chi connectivity index (χ3v) is 5.11. The van der Waals surface area contributed by atoms with Crippen LogP contribution in [0.15, 0.2) is 22.7 Å². The molecule has 2 aliphatic carbocycles. The van der Waals surface area contributed by atoms with Crippen LogP contribution in [0.5, 0.6) is 0 Å². The number of carbonyl (C=O) groups excluding carboxylic acids is 2. The van der Waals surface area contributed by atoms with Crippen molar-refractivity contribution in [1.82, 2.24) is 0 Å². The number of ether oxygens (including phenoxy) is 1. The molecule has 0 aromatic rings.